The summed E-state index contributed by atoms with van der Waals surface area (Å²) in [6, 6.07) is 0. The molecular formula is C6H12NO. The van der Waals surface area contributed by atoms with E-state index in [0.717, 1.165) is 6.42 Å². The van der Waals surface area contributed by atoms with Gasteiger partial charge in [-0.25, -0.2) is 0 Å². The highest BCUT2D eigenvalue weighted by atomic mass is 16.1. The van der Waals surface area contributed by atoms with Gasteiger partial charge in [0.25, 0.3) is 0 Å². The first kappa shape index (κ1) is 7.47. The third-order valence-electron chi connectivity index (χ3n) is 1.04. The first-order valence-electron chi connectivity index (χ1n) is 2.81. The molecule has 0 spiro atoms. The second-order valence-corrected chi connectivity index (χ2v) is 1.83. The van der Waals surface area contributed by atoms with E-state index in [1.165, 1.54) is 0 Å². The van der Waals surface area contributed by atoms with Crippen molar-refractivity contribution in [2.75, 3.05) is 0 Å². The fraction of sp³-hybridized carbons (Fsp3) is 0.667. The Kier molecular flexibility index (Phi) is 3.24. The molecule has 0 aliphatic carbocycles. The third-order valence-corrected chi connectivity index (χ3v) is 1.04. The first-order chi connectivity index (χ1) is 3.68. The van der Waals surface area contributed by atoms with Crippen LogP contribution in [0.2, 0.25) is 0 Å². The molecule has 1 radical (unpaired) electrons. The summed E-state index contributed by atoms with van der Waals surface area (Å²) in [7, 11) is 0. The topological polar surface area (TPSA) is 43.1 Å². The average Bonchev–Trinajstić information content (AvgIpc) is 1.67. The van der Waals surface area contributed by atoms with Crippen LogP contribution in [-0.2, 0) is 4.79 Å². The molecule has 0 aromatic heterocycles. The van der Waals surface area contributed by atoms with Crippen LogP contribution in [0.1, 0.15) is 20.3 Å². The summed E-state index contributed by atoms with van der Waals surface area (Å²) in [6.07, 6.45) is 2.80. The summed E-state index contributed by atoms with van der Waals surface area (Å²) in [5.41, 5.74) is 4.95. The number of primary amides is 1. The zero-order valence-corrected chi connectivity index (χ0v) is 5.35. The van der Waals surface area contributed by atoms with E-state index in [1.54, 1.807) is 6.92 Å². The van der Waals surface area contributed by atoms with Crippen molar-refractivity contribution < 1.29 is 4.79 Å². The fourth-order valence-corrected chi connectivity index (χ4v) is 0.470. The molecule has 2 nitrogen and oxygen atoms in total. The van der Waals surface area contributed by atoms with Crippen molar-refractivity contribution in [3.8, 4) is 0 Å². The van der Waals surface area contributed by atoms with Crippen molar-refractivity contribution in [2.24, 2.45) is 11.7 Å². The maximum atomic E-state index is 10.3. The molecule has 0 saturated carbocycles. The third kappa shape index (κ3) is 2.61. The normalized spacial score (nSPS) is 13.2. The van der Waals surface area contributed by atoms with Crippen LogP contribution >= 0.6 is 0 Å². The second-order valence-electron chi connectivity index (χ2n) is 1.83. The van der Waals surface area contributed by atoms with Crippen LogP contribution in [0, 0.1) is 12.3 Å². The predicted octanol–water partition coefficient (Wildman–Crippen LogP) is 0.722. The van der Waals surface area contributed by atoms with Gasteiger partial charge in [-0.2, -0.15) is 0 Å². The van der Waals surface area contributed by atoms with Crippen molar-refractivity contribution in [1.29, 1.82) is 0 Å². The van der Waals surface area contributed by atoms with Gasteiger partial charge in [0.2, 0.25) is 5.91 Å². The van der Waals surface area contributed by atoms with Crippen LogP contribution in [0.5, 0.6) is 0 Å². The van der Waals surface area contributed by atoms with Crippen LogP contribution in [0.25, 0.3) is 0 Å². The van der Waals surface area contributed by atoms with Gasteiger partial charge in [-0.3, -0.25) is 4.79 Å². The SMILES string of the molecule is CC[CH]C(C)C(N)=O. The van der Waals surface area contributed by atoms with E-state index in [2.05, 4.69) is 0 Å². The molecule has 0 rings (SSSR count). The van der Waals surface area contributed by atoms with Crippen molar-refractivity contribution in [2.45, 2.75) is 20.3 Å². The maximum Gasteiger partial charge on any atom is 0.220 e. The molecule has 0 saturated heterocycles. The van der Waals surface area contributed by atoms with Crippen molar-refractivity contribution in [3.05, 3.63) is 6.42 Å². The summed E-state index contributed by atoms with van der Waals surface area (Å²) in [5, 5.41) is 0. The van der Waals surface area contributed by atoms with Gasteiger partial charge < -0.3 is 5.73 Å². The quantitative estimate of drug-likeness (QED) is 0.577. The number of nitrogens with two attached hydrogens (primary N) is 1. The number of amides is 1. The minimum atomic E-state index is -0.244. The molecule has 0 heterocycles. The van der Waals surface area contributed by atoms with Crippen molar-refractivity contribution in [1.82, 2.24) is 0 Å². The molecule has 8 heavy (non-hydrogen) atoms. The molecule has 2 heteroatoms. The molecule has 0 aromatic rings. The van der Waals surface area contributed by atoms with Crippen LogP contribution in [-0.4, -0.2) is 5.91 Å². The fourth-order valence-electron chi connectivity index (χ4n) is 0.470. The average molecular weight is 114 g/mol. The van der Waals surface area contributed by atoms with Gasteiger partial charge in [-0.1, -0.05) is 20.3 Å². The first-order valence-corrected chi connectivity index (χ1v) is 2.81. The number of rotatable bonds is 3. The van der Waals surface area contributed by atoms with Gasteiger partial charge in [0, 0.05) is 5.92 Å². The molecule has 0 bridgehead atoms. The highest BCUT2D eigenvalue weighted by Crippen LogP contribution is 2.00. The summed E-state index contributed by atoms with van der Waals surface area (Å²) in [4.78, 5) is 10.3. The Morgan fingerprint density at radius 2 is 2.38 bits per heavy atom. The standard InChI is InChI=1S/C6H12NO/c1-3-4-5(2)6(7)8/h4-5H,3H2,1-2H3,(H2,7,8). The molecule has 1 unspecified atom stereocenters. The maximum absolute atomic E-state index is 10.3. The van der Waals surface area contributed by atoms with E-state index >= 15 is 0 Å². The number of carbonyl (C=O) groups excluding carboxylic acids is 1. The Morgan fingerprint density at radius 3 is 2.50 bits per heavy atom. The van der Waals surface area contributed by atoms with Crippen molar-refractivity contribution >= 4 is 5.91 Å². The van der Waals surface area contributed by atoms with E-state index in [-0.39, 0.29) is 11.8 Å². The summed E-state index contributed by atoms with van der Waals surface area (Å²) < 4.78 is 0. The Balaban J connectivity index is 3.32. The lowest BCUT2D eigenvalue weighted by molar-refractivity contribution is -0.120. The molecule has 0 aliphatic rings. The summed E-state index contributed by atoms with van der Waals surface area (Å²) >= 11 is 0. The van der Waals surface area contributed by atoms with Crippen molar-refractivity contribution in [3.63, 3.8) is 0 Å². The molecule has 0 fully saturated rings. The lowest BCUT2D eigenvalue weighted by atomic mass is 10.1. The van der Waals surface area contributed by atoms with E-state index in [4.69, 9.17) is 5.73 Å². The number of carbonyl (C=O) groups is 1. The van der Waals surface area contributed by atoms with Gasteiger partial charge in [0.05, 0.1) is 0 Å². The highest BCUT2D eigenvalue weighted by Gasteiger charge is 2.05. The van der Waals surface area contributed by atoms with Crippen LogP contribution < -0.4 is 5.73 Å². The van der Waals surface area contributed by atoms with E-state index in [9.17, 15) is 4.79 Å². The molecule has 2 N–H and O–H groups in total. The van der Waals surface area contributed by atoms with Gasteiger partial charge in [-0.15, -0.1) is 0 Å². The Hall–Kier alpha value is -0.530. The highest BCUT2D eigenvalue weighted by molar-refractivity contribution is 5.77. The molecule has 47 valence electrons. The van der Waals surface area contributed by atoms with Crippen LogP contribution in [0.15, 0.2) is 0 Å². The summed E-state index contributed by atoms with van der Waals surface area (Å²) in [6.45, 7) is 3.78. The summed E-state index contributed by atoms with van der Waals surface area (Å²) in [5.74, 6) is -0.313. The van der Waals surface area contributed by atoms with Gasteiger partial charge in [0.1, 0.15) is 0 Å². The predicted molar refractivity (Wildman–Crippen MR) is 32.9 cm³/mol. The Labute approximate surface area is 50.1 Å². The van der Waals surface area contributed by atoms with Gasteiger partial charge in [-0.05, 0) is 6.42 Å². The van der Waals surface area contributed by atoms with E-state index in [0.29, 0.717) is 0 Å². The monoisotopic (exact) mass is 114 g/mol. The molecule has 1 amide bonds. The number of hydrogen-bond donors (Lipinski definition) is 1. The van der Waals surface area contributed by atoms with Gasteiger partial charge in [0.15, 0.2) is 0 Å². The lowest BCUT2D eigenvalue weighted by Crippen LogP contribution is -2.20. The zero-order chi connectivity index (χ0) is 6.57. The van der Waals surface area contributed by atoms with Crippen LogP contribution in [0.3, 0.4) is 0 Å². The van der Waals surface area contributed by atoms with Gasteiger partial charge >= 0.3 is 0 Å². The minimum Gasteiger partial charge on any atom is -0.369 e. The minimum absolute atomic E-state index is 0.0694. The van der Waals surface area contributed by atoms with E-state index < -0.39 is 0 Å². The second kappa shape index (κ2) is 3.47. The zero-order valence-electron chi connectivity index (χ0n) is 5.35. The molecular weight excluding hydrogens is 102 g/mol. The smallest absolute Gasteiger partial charge is 0.220 e. The lowest BCUT2D eigenvalue weighted by Gasteiger charge is -2.01. The number of hydrogen-bond acceptors (Lipinski definition) is 1. The Morgan fingerprint density at radius 1 is 1.88 bits per heavy atom. The van der Waals surface area contributed by atoms with E-state index in [1.807, 2.05) is 13.3 Å². The largest absolute Gasteiger partial charge is 0.369 e. The van der Waals surface area contributed by atoms with Crippen LogP contribution in [0.4, 0.5) is 0 Å². The molecule has 0 aromatic carbocycles. The molecule has 1 atom stereocenters. The Bertz CT molecular complexity index is 80.6. The molecule has 0 aliphatic heterocycles.